The van der Waals surface area contributed by atoms with Gasteiger partial charge in [0, 0.05) is 19.0 Å². The number of allylic oxidation sites excluding steroid dienone is 4. The number of alkyl halides is 3. The van der Waals surface area contributed by atoms with Crippen molar-refractivity contribution in [3.63, 3.8) is 0 Å². The first-order valence-electron chi connectivity index (χ1n) is 8.03. The van der Waals surface area contributed by atoms with Crippen LogP contribution in [0, 0.1) is 0 Å². The Balaban J connectivity index is 2.40. The fraction of sp³-hybridized carbons (Fsp3) is 0.176. The number of nitrogens with two attached hydrogens (primary N) is 2. The summed E-state index contributed by atoms with van der Waals surface area (Å²) in [6.07, 6.45) is 0.271. The fourth-order valence-corrected chi connectivity index (χ4v) is 2.11. The standard InChI is InChI=1S/C17H17F3N6O3/c1-26(16(22)28)23-9-10-3-2-4-13(24-25-15(21)27)14(10)29-12-7-5-11(6-8-12)17(18,19)20/h2-3,5-9H,4H2,1H3,(H2,22,28)(H3,21,25,27). The highest BCUT2D eigenvalue weighted by atomic mass is 19.4. The Kier molecular flexibility index (Phi) is 6.59. The Hall–Kier alpha value is -3.83. The van der Waals surface area contributed by atoms with Crippen LogP contribution in [0.25, 0.3) is 0 Å². The predicted molar refractivity (Wildman–Crippen MR) is 98.8 cm³/mol. The quantitative estimate of drug-likeness (QED) is 0.508. The number of rotatable bonds is 5. The number of urea groups is 2. The van der Waals surface area contributed by atoms with E-state index in [4.69, 9.17) is 16.2 Å². The highest BCUT2D eigenvalue weighted by molar-refractivity contribution is 6.07. The molecule has 0 fully saturated rings. The van der Waals surface area contributed by atoms with Crippen LogP contribution in [0.2, 0.25) is 0 Å². The number of amides is 4. The molecule has 12 heteroatoms. The first-order valence-corrected chi connectivity index (χ1v) is 8.03. The number of nitrogens with one attached hydrogen (secondary N) is 1. The van der Waals surface area contributed by atoms with Crippen molar-refractivity contribution in [2.45, 2.75) is 12.6 Å². The second kappa shape index (κ2) is 8.91. The molecule has 2 rings (SSSR count). The monoisotopic (exact) mass is 410 g/mol. The van der Waals surface area contributed by atoms with Crippen LogP contribution in [0.3, 0.4) is 0 Å². The molecule has 5 N–H and O–H groups in total. The van der Waals surface area contributed by atoms with Gasteiger partial charge in [0.25, 0.3) is 0 Å². The van der Waals surface area contributed by atoms with E-state index in [0.717, 1.165) is 29.3 Å². The second-order valence-corrected chi connectivity index (χ2v) is 5.66. The van der Waals surface area contributed by atoms with Crippen LogP contribution < -0.4 is 21.6 Å². The third-order valence-electron chi connectivity index (χ3n) is 3.52. The van der Waals surface area contributed by atoms with Crippen molar-refractivity contribution in [1.29, 1.82) is 0 Å². The second-order valence-electron chi connectivity index (χ2n) is 5.66. The number of carbonyl (C=O) groups excluding carboxylic acids is 2. The molecule has 0 aliphatic heterocycles. The molecule has 0 saturated heterocycles. The first-order chi connectivity index (χ1) is 13.6. The molecule has 29 heavy (non-hydrogen) atoms. The van der Waals surface area contributed by atoms with Gasteiger partial charge in [-0.15, -0.1) is 0 Å². The van der Waals surface area contributed by atoms with Gasteiger partial charge in [0.1, 0.15) is 11.5 Å². The molecule has 0 bridgehead atoms. The largest absolute Gasteiger partial charge is 0.455 e. The van der Waals surface area contributed by atoms with E-state index in [0.29, 0.717) is 5.57 Å². The highest BCUT2D eigenvalue weighted by Crippen LogP contribution is 2.31. The molecule has 4 amide bonds. The molecule has 0 spiro atoms. The van der Waals surface area contributed by atoms with Crippen LogP contribution in [0.5, 0.6) is 5.75 Å². The fourth-order valence-electron chi connectivity index (χ4n) is 2.11. The number of halogens is 3. The summed E-state index contributed by atoms with van der Waals surface area (Å²) in [4.78, 5) is 22.0. The van der Waals surface area contributed by atoms with Crippen LogP contribution in [0.4, 0.5) is 22.8 Å². The summed E-state index contributed by atoms with van der Waals surface area (Å²) in [6.45, 7) is 0. The van der Waals surface area contributed by atoms with Crippen molar-refractivity contribution in [2.75, 3.05) is 7.05 Å². The van der Waals surface area contributed by atoms with Crippen molar-refractivity contribution in [1.82, 2.24) is 10.4 Å². The van der Waals surface area contributed by atoms with Crippen molar-refractivity contribution in [2.24, 2.45) is 21.7 Å². The summed E-state index contributed by atoms with van der Waals surface area (Å²) in [7, 11) is 1.33. The Morgan fingerprint density at radius 2 is 1.90 bits per heavy atom. The number of hydrogen-bond donors (Lipinski definition) is 3. The average Bonchev–Trinajstić information content (AvgIpc) is 2.65. The maximum atomic E-state index is 12.7. The molecular weight excluding hydrogens is 393 g/mol. The summed E-state index contributed by atoms with van der Waals surface area (Å²) in [6, 6.07) is 2.28. The van der Waals surface area contributed by atoms with Crippen LogP contribution >= 0.6 is 0 Å². The van der Waals surface area contributed by atoms with E-state index >= 15 is 0 Å². The zero-order chi connectivity index (χ0) is 21.6. The minimum absolute atomic E-state index is 0.0873. The van der Waals surface area contributed by atoms with Gasteiger partial charge in [-0.25, -0.2) is 20.0 Å². The van der Waals surface area contributed by atoms with Crippen LogP contribution in [0.15, 0.2) is 58.0 Å². The summed E-state index contributed by atoms with van der Waals surface area (Å²) in [5, 5.41) is 8.55. The van der Waals surface area contributed by atoms with Crippen molar-refractivity contribution < 1.29 is 27.5 Å². The molecule has 0 radical (unpaired) electrons. The summed E-state index contributed by atoms with van der Waals surface area (Å²) < 4.78 is 43.9. The van der Waals surface area contributed by atoms with Crippen LogP contribution in [0.1, 0.15) is 12.0 Å². The van der Waals surface area contributed by atoms with Gasteiger partial charge in [0.05, 0.1) is 11.8 Å². The van der Waals surface area contributed by atoms with Gasteiger partial charge in [-0.3, -0.25) is 0 Å². The SMILES string of the molecule is CN(N=CC1=C(Oc2ccc(C(F)(F)F)cc2)C(=NNC(N)=O)CC=C1)C(N)=O. The lowest BCUT2D eigenvalue weighted by molar-refractivity contribution is -0.137. The van der Waals surface area contributed by atoms with Gasteiger partial charge < -0.3 is 16.2 Å². The van der Waals surface area contributed by atoms with E-state index in [-0.39, 0.29) is 23.6 Å². The molecular formula is C17H17F3N6O3. The molecule has 1 aromatic rings. The molecule has 1 aromatic carbocycles. The molecule has 0 heterocycles. The number of hydrogen-bond acceptors (Lipinski definition) is 5. The number of benzene rings is 1. The van der Waals surface area contributed by atoms with E-state index in [1.807, 2.05) is 0 Å². The zero-order valence-electron chi connectivity index (χ0n) is 15.1. The molecule has 0 atom stereocenters. The minimum Gasteiger partial charge on any atom is -0.455 e. The Morgan fingerprint density at radius 3 is 2.45 bits per heavy atom. The molecule has 154 valence electrons. The normalized spacial score (nSPS) is 15.7. The predicted octanol–water partition coefficient (Wildman–Crippen LogP) is 2.32. The molecule has 0 unspecified atom stereocenters. The maximum Gasteiger partial charge on any atom is 0.416 e. The van der Waals surface area contributed by atoms with Crippen LogP contribution in [-0.2, 0) is 6.18 Å². The van der Waals surface area contributed by atoms with Gasteiger partial charge in [-0.2, -0.15) is 23.4 Å². The van der Waals surface area contributed by atoms with Crippen molar-refractivity contribution in [3.05, 3.63) is 53.3 Å². The summed E-state index contributed by atoms with van der Waals surface area (Å²) in [5.41, 5.74) is 11.9. The van der Waals surface area contributed by atoms with E-state index in [2.05, 4.69) is 15.6 Å². The molecule has 9 nitrogen and oxygen atoms in total. The zero-order valence-corrected chi connectivity index (χ0v) is 15.1. The topological polar surface area (TPSA) is 135 Å². The van der Waals surface area contributed by atoms with Crippen molar-refractivity contribution >= 4 is 24.0 Å². The number of ether oxygens (including phenoxy) is 1. The minimum atomic E-state index is -4.49. The van der Waals surface area contributed by atoms with Gasteiger partial charge in [-0.05, 0) is 24.3 Å². The number of carbonyl (C=O) groups is 2. The van der Waals surface area contributed by atoms with Gasteiger partial charge in [0.2, 0.25) is 0 Å². The van der Waals surface area contributed by atoms with Gasteiger partial charge >= 0.3 is 18.2 Å². The smallest absolute Gasteiger partial charge is 0.416 e. The van der Waals surface area contributed by atoms with E-state index < -0.39 is 23.8 Å². The van der Waals surface area contributed by atoms with Crippen LogP contribution in [-0.4, -0.2) is 36.0 Å². The van der Waals surface area contributed by atoms with E-state index in [1.54, 1.807) is 12.2 Å². The first kappa shape index (κ1) is 21.5. The number of primary amides is 2. The van der Waals surface area contributed by atoms with E-state index in [9.17, 15) is 22.8 Å². The lowest BCUT2D eigenvalue weighted by Gasteiger charge is -2.17. The summed E-state index contributed by atoms with van der Waals surface area (Å²) in [5.74, 6) is 0.187. The maximum absolute atomic E-state index is 12.7. The number of nitrogens with zero attached hydrogens (tertiary/aromatic N) is 3. The third kappa shape index (κ3) is 6.09. The molecule has 1 aliphatic carbocycles. The Bertz CT molecular complexity index is 904. The average molecular weight is 410 g/mol. The van der Waals surface area contributed by atoms with Gasteiger partial charge in [0.15, 0.2) is 5.76 Å². The summed E-state index contributed by atoms with van der Waals surface area (Å²) >= 11 is 0. The molecule has 1 aliphatic rings. The van der Waals surface area contributed by atoms with E-state index in [1.165, 1.54) is 13.3 Å². The number of hydrazone groups is 2. The lowest BCUT2D eigenvalue weighted by Crippen LogP contribution is -2.28. The lowest BCUT2D eigenvalue weighted by atomic mass is 10.0. The molecule has 0 saturated carbocycles. The highest BCUT2D eigenvalue weighted by Gasteiger charge is 2.30. The Labute approximate surface area is 163 Å². The van der Waals surface area contributed by atoms with Gasteiger partial charge in [-0.1, -0.05) is 12.2 Å². The Morgan fingerprint density at radius 1 is 1.24 bits per heavy atom. The van der Waals surface area contributed by atoms with Crippen molar-refractivity contribution in [3.8, 4) is 5.75 Å². The third-order valence-corrected chi connectivity index (χ3v) is 3.52. The molecule has 0 aromatic heterocycles.